The Morgan fingerprint density at radius 2 is 2.15 bits per heavy atom. The van der Waals surface area contributed by atoms with Gasteiger partial charge in [-0.3, -0.25) is 0 Å². The highest BCUT2D eigenvalue weighted by Crippen LogP contribution is 2.37. The minimum atomic E-state index is -0.871. The van der Waals surface area contributed by atoms with E-state index in [1.807, 2.05) is 24.3 Å². The van der Waals surface area contributed by atoms with Gasteiger partial charge in [0.2, 0.25) is 0 Å². The lowest BCUT2D eigenvalue weighted by Crippen LogP contribution is -2.52. The van der Waals surface area contributed by atoms with E-state index in [1.165, 1.54) is 0 Å². The van der Waals surface area contributed by atoms with Gasteiger partial charge in [0.05, 0.1) is 7.11 Å². The number of rotatable bonds is 4. The smallest absolute Gasteiger partial charge is 0.329 e. The second kappa shape index (κ2) is 4.67. The minimum absolute atomic E-state index is 0.600. The number of nitrogens with zero attached hydrogens (tertiary/aromatic N) is 1. The van der Waals surface area contributed by atoms with Crippen molar-refractivity contribution in [2.24, 2.45) is 0 Å². The molecular formula is C15H16N2O3. The van der Waals surface area contributed by atoms with Crippen molar-refractivity contribution in [1.82, 2.24) is 4.98 Å². The van der Waals surface area contributed by atoms with Crippen molar-refractivity contribution in [3.05, 3.63) is 30.5 Å². The molecule has 104 valence electrons. The molecular weight excluding hydrogens is 256 g/mol. The van der Waals surface area contributed by atoms with Gasteiger partial charge < -0.3 is 15.2 Å². The van der Waals surface area contributed by atoms with Crippen LogP contribution in [0.5, 0.6) is 5.75 Å². The van der Waals surface area contributed by atoms with Crippen molar-refractivity contribution in [2.75, 3.05) is 12.4 Å². The highest BCUT2D eigenvalue weighted by molar-refractivity contribution is 5.97. The fourth-order valence-corrected chi connectivity index (χ4v) is 2.61. The molecule has 5 nitrogen and oxygen atoms in total. The Bertz CT molecular complexity index is 665. The number of fused-ring (bicyclic) bond motifs is 1. The van der Waals surface area contributed by atoms with Gasteiger partial charge in [-0.1, -0.05) is 12.1 Å². The van der Waals surface area contributed by atoms with E-state index in [0.29, 0.717) is 18.7 Å². The largest absolute Gasteiger partial charge is 0.496 e. The van der Waals surface area contributed by atoms with Gasteiger partial charge in [-0.25, -0.2) is 9.78 Å². The summed E-state index contributed by atoms with van der Waals surface area (Å²) in [4.78, 5) is 15.8. The fourth-order valence-electron chi connectivity index (χ4n) is 2.61. The molecule has 1 aromatic carbocycles. The predicted molar refractivity (Wildman–Crippen MR) is 76.1 cm³/mol. The molecule has 1 aliphatic carbocycles. The van der Waals surface area contributed by atoms with E-state index in [9.17, 15) is 9.90 Å². The zero-order valence-corrected chi connectivity index (χ0v) is 11.2. The molecule has 2 N–H and O–H groups in total. The molecule has 0 saturated heterocycles. The lowest BCUT2D eigenvalue weighted by Gasteiger charge is -2.38. The number of nitrogens with one attached hydrogen (secondary N) is 1. The molecule has 1 aliphatic rings. The lowest BCUT2D eigenvalue weighted by atomic mass is 9.76. The Labute approximate surface area is 116 Å². The zero-order chi connectivity index (χ0) is 14.2. The molecule has 1 aromatic heterocycles. The number of methoxy groups -OCH3 is 1. The van der Waals surface area contributed by atoms with Crippen molar-refractivity contribution in [3.8, 4) is 5.75 Å². The topological polar surface area (TPSA) is 71.5 Å². The number of aliphatic carboxylic acids is 1. The normalized spacial score (nSPS) is 16.4. The van der Waals surface area contributed by atoms with Crippen LogP contribution in [0.15, 0.2) is 30.5 Å². The number of carboxylic acids is 1. The van der Waals surface area contributed by atoms with E-state index >= 15 is 0 Å². The van der Waals surface area contributed by atoms with E-state index in [0.717, 1.165) is 22.9 Å². The highest BCUT2D eigenvalue weighted by atomic mass is 16.5. The Balaban J connectivity index is 2.06. The molecule has 1 saturated carbocycles. The monoisotopic (exact) mass is 272 g/mol. The maximum Gasteiger partial charge on any atom is 0.329 e. The van der Waals surface area contributed by atoms with Gasteiger partial charge in [-0.2, -0.15) is 0 Å². The molecule has 1 fully saturated rings. The van der Waals surface area contributed by atoms with E-state index < -0.39 is 11.5 Å². The first kappa shape index (κ1) is 12.7. The van der Waals surface area contributed by atoms with Gasteiger partial charge in [0, 0.05) is 17.0 Å². The van der Waals surface area contributed by atoms with Crippen molar-refractivity contribution < 1.29 is 14.6 Å². The average Bonchev–Trinajstić information content (AvgIpc) is 2.41. The van der Waals surface area contributed by atoms with Crippen LogP contribution in [-0.4, -0.2) is 28.7 Å². The number of ether oxygens (including phenoxy) is 1. The van der Waals surface area contributed by atoms with Crippen molar-refractivity contribution in [1.29, 1.82) is 0 Å². The molecule has 2 aromatic rings. The summed E-state index contributed by atoms with van der Waals surface area (Å²) >= 11 is 0. The minimum Gasteiger partial charge on any atom is -0.496 e. The first-order valence-electron chi connectivity index (χ1n) is 6.60. The zero-order valence-electron chi connectivity index (χ0n) is 11.2. The number of carboxylic acid groups (broad SMARTS) is 1. The van der Waals surface area contributed by atoms with Crippen LogP contribution in [0.4, 0.5) is 5.82 Å². The molecule has 0 aliphatic heterocycles. The maximum atomic E-state index is 11.5. The third kappa shape index (κ3) is 1.86. The van der Waals surface area contributed by atoms with Gasteiger partial charge in [-0.05, 0) is 31.4 Å². The van der Waals surface area contributed by atoms with Crippen molar-refractivity contribution in [2.45, 2.75) is 24.8 Å². The van der Waals surface area contributed by atoms with Crippen LogP contribution < -0.4 is 10.1 Å². The predicted octanol–water partition coefficient (Wildman–Crippen LogP) is 2.66. The molecule has 0 radical (unpaired) electrons. The quantitative estimate of drug-likeness (QED) is 0.895. The Morgan fingerprint density at radius 1 is 1.35 bits per heavy atom. The summed E-state index contributed by atoms with van der Waals surface area (Å²) in [5.41, 5.74) is -0.871. The van der Waals surface area contributed by atoms with Crippen molar-refractivity contribution >= 4 is 22.6 Å². The summed E-state index contributed by atoms with van der Waals surface area (Å²) in [5, 5.41) is 14.3. The summed E-state index contributed by atoms with van der Waals surface area (Å²) in [6, 6.07) is 7.54. The molecule has 0 bridgehead atoms. The Morgan fingerprint density at radius 3 is 2.75 bits per heavy atom. The number of pyridine rings is 1. The summed E-state index contributed by atoms with van der Waals surface area (Å²) in [6.07, 6.45) is 3.85. The first-order chi connectivity index (χ1) is 9.66. The molecule has 3 rings (SSSR count). The summed E-state index contributed by atoms with van der Waals surface area (Å²) in [7, 11) is 1.62. The van der Waals surface area contributed by atoms with Crippen LogP contribution in [0.2, 0.25) is 0 Å². The Kier molecular flexibility index (Phi) is 2.97. The number of benzene rings is 1. The van der Waals surface area contributed by atoms with Crippen LogP contribution in [0.25, 0.3) is 10.8 Å². The van der Waals surface area contributed by atoms with E-state index in [-0.39, 0.29) is 0 Å². The number of aromatic nitrogens is 1. The summed E-state index contributed by atoms with van der Waals surface area (Å²) < 4.78 is 5.33. The van der Waals surface area contributed by atoms with Crippen LogP contribution in [0.3, 0.4) is 0 Å². The maximum absolute atomic E-state index is 11.5. The average molecular weight is 272 g/mol. The Hall–Kier alpha value is -2.30. The fraction of sp³-hybridized carbons (Fsp3) is 0.333. The van der Waals surface area contributed by atoms with Gasteiger partial charge in [0.15, 0.2) is 0 Å². The van der Waals surface area contributed by atoms with Crippen LogP contribution in [0, 0.1) is 0 Å². The second-order valence-electron chi connectivity index (χ2n) is 5.08. The summed E-state index contributed by atoms with van der Waals surface area (Å²) in [5.74, 6) is 0.542. The highest BCUT2D eigenvalue weighted by Gasteiger charge is 2.44. The van der Waals surface area contributed by atoms with E-state index in [2.05, 4.69) is 10.3 Å². The second-order valence-corrected chi connectivity index (χ2v) is 5.08. The molecule has 1 heterocycles. The standard InChI is InChI=1S/C15H16N2O3/c1-20-12-5-2-4-11-10(12)6-9-16-13(11)17-15(14(18)19)7-3-8-15/h2,4-6,9H,3,7-8H2,1H3,(H,16,17)(H,18,19). The van der Waals surface area contributed by atoms with Gasteiger partial charge in [0.1, 0.15) is 17.1 Å². The van der Waals surface area contributed by atoms with Crippen LogP contribution in [-0.2, 0) is 4.79 Å². The number of anilines is 1. The number of hydrogen-bond donors (Lipinski definition) is 2. The molecule has 5 heteroatoms. The molecule has 0 amide bonds. The van der Waals surface area contributed by atoms with Crippen molar-refractivity contribution in [3.63, 3.8) is 0 Å². The molecule has 20 heavy (non-hydrogen) atoms. The third-order valence-electron chi connectivity index (χ3n) is 3.96. The first-order valence-corrected chi connectivity index (χ1v) is 6.60. The third-order valence-corrected chi connectivity index (χ3v) is 3.96. The van der Waals surface area contributed by atoms with E-state index in [1.54, 1.807) is 13.3 Å². The van der Waals surface area contributed by atoms with Crippen LogP contribution >= 0.6 is 0 Å². The molecule has 0 spiro atoms. The van der Waals surface area contributed by atoms with E-state index in [4.69, 9.17) is 4.74 Å². The summed E-state index contributed by atoms with van der Waals surface area (Å²) in [6.45, 7) is 0. The number of hydrogen-bond acceptors (Lipinski definition) is 4. The molecule has 0 unspecified atom stereocenters. The lowest BCUT2D eigenvalue weighted by molar-refractivity contribution is -0.145. The van der Waals surface area contributed by atoms with Gasteiger partial charge in [-0.15, -0.1) is 0 Å². The molecule has 0 atom stereocenters. The van der Waals surface area contributed by atoms with Gasteiger partial charge in [0.25, 0.3) is 0 Å². The van der Waals surface area contributed by atoms with Gasteiger partial charge >= 0.3 is 5.97 Å². The SMILES string of the molecule is COc1cccc2c(NC3(C(=O)O)CCC3)nccc12. The van der Waals surface area contributed by atoms with Crippen LogP contribution in [0.1, 0.15) is 19.3 Å². The number of carbonyl (C=O) groups is 1.